The summed E-state index contributed by atoms with van der Waals surface area (Å²) in [5.41, 5.74) is 5.03. The Hall–Kier alpha value is -2.27. The summed E-state index contributed by atoms with van der Waals surface area (Å²) >= 11 is 0. The second-order valence-electron chi connectivity index (χ2n) is 10.7. The minimum absolute atomic E-state index is 0.291. The highest BCUT2D eigenvalue weighted by Gasteiger charge is 2.62. The van der Waals surface area contributed by atoms with Crippen LogP contribution in [-0.2, 0) is 5.41 Å². The third kappa shape index (κ3) is 3.06. The molecule has 0 aromatic heterocycles. The molecule has 2 aromatic rings. The fraction of sp³-hybridized carbons (Fsp3) is 0.536. The molecule has 0 amide bonds. The van der Waals surface area contributed by atoms with Gasteiger partial charge in [0.25, 0.3) is 6.26 Å². The van der Waals surface area contributed by atoms with Crippen LogP contribution in [0.15, 0.2) is 48.5 Å². The van der Waals surface area contributed by atoms with E-state index in [2.05, 4.69) is 50.2 Å². The van der Waals surface area contributed by atoms with Crippen molar-refractivity contribution in [1.82, 2.24) is 0 Å². The fourth-order valence-electron chi connectivity index (χ4n) is 8.21. The molecular formula is C28H33NO. The lowest BCUT2D eigenvalue weighted by Crippen LogP contribution is -2.58. The number of nitriles is 1. The lowest BCUT2D eigenvalue weighted by atomic mass is 9.37. The number of ether oxygens (including phenoxy) is 1. The van der Waals surface area contributed by atoms with Gasteiger partial charge in [-0.1, -0.05) is 63.1 Å². The third-order valence-corrected chi connectivity index (χ3v) is 8.66. The molecule has 0 heterocycles. The van der Waals surface area contributed by atoms with Crippen molar-refractivity contribution >= 4 is 0 Å². The van der Waals surface area contributed by atoms with Crippen molar-refractivity contribution in [3.8, 4) is 23.1 Å². The van der Waals surface area contributed by atoms with Crippen LogP contribution >= 0.6 is 0 Å². The van der Waals surface area contributed by atoms with E-state index in [1.54, 1.807) is 0 Å². The smallest absolute Gasteiger partial charge is 0.292 e. The molecule has 0 saturated heterocycles. The van der Waals surface area contributed by atoms with Crippen LogP contribution < -0.4 is 4.74 Å². The number of hydrogen-bond acceptors (Lipinski definition) is 2. The first kappa shape index (κ1) is 19.7. The molecule has 0 radical (unpaired) electrons. The lowest BCUT2D eigenvalue weighted by Gasteiger charge is -2.67. The molecule has 4 bridgehead atoms. The highest BCUT2D eigenvalue weighted by atomic mass is 16.5. The second-order valence-corrected chi connectivity index (χ2v) is 10.7. The van der Waals surface area contributed by atoms with Gasteiger partial charge in [-0.2, -0.15) is 0 Å². The van der Waals surface area contributed by atoms with Gasteiger partial charge in [-0.05, 0) is 90.4 Å². The number of benzene rings is 2. The van der Waals surface area contributed by atoms with Crippen LogP contribution in [0.1, 0.15) is 77.2 Å². The quantitative estimate of drug-likeness (QED) is 0.468. The molecule has 156 valence electrons. The SMILES string of the molecule is CCCC12CC3CC(CC)(C1)CC(c1ccc(OC#N)c(-c4ccccc4)c1)(C3)C2. The molecule has 6 rings (SSSR count). The minimum Gasteiger partial charge on any atom is -0.387 e. The molecule has 4 aliphatic carbocycles. The zero-order valence-corrected chi connectivity index (χ0v) is 18.4. The molecule has 4 aliphatic rings. The van der Waals surface area contributed by atoms with Crippen LogP contribution in [0.25, 0.3) is 11.1 Å². The maximum atomic E-state index is 9.18. The van der Waals surface area contributed by atoms with E-state index in [1.165, 1.54) is 63.4 Å². The van der Waals surface area contributed by atoms with E-state index in [0.29, 0.717) is 22.0 Å². The van der Waals surface area contributed by atoms with Gasteiger partial charge < -0.3 is 4.74 Å². The summed E-state index contributed by atoms with van der Waals surface area (Å²) in [4.78, 5) is 0. The fourth-order valence-corrected chi connectivity index (χ4v) is 8.21. The molecule has 2 heteroatoms. The molecule has 4 unspecified atom stereocenters. The van der Waals surface area contributed by atoms with E-state index in [0.717, 1.165) is 17.0 Å². The van der Waals surface area contributed by atoms with E-state index < -0.39 is 0 Å². The predicted molar refractivity (Wildman–Crippen MR) is 121 cm³/mol. The summed E-state index contributed by atoms with van der Waals surface area (Å²) in [6, 6.07) is 17.1. The molecule has 0 aliphatic heterocycles. The Morgan fingerprint density at radius 1 is 0.967 bits per heavy atom. The summed E-state index contributed by atoms with van der Waals surface area (Å²) in [6.07, 6.45) is 14.3. The molecular weight excluding hydrogens is 366 g/mol. The summed E-state index contributed by atoms with van der Waals surface area (Å²) in [6.45, 7) is 4.80. The van der Waals surface area contributed by atoms with Crippen molar-refractivity contribution in [3.63, 3.8) is 0 Å². The molecule has 30 heavy (non-hydrogen) atoms. The average Bonchev–Trinajstić information content (AvgIpc) is 2.74. The van der Waals surface area contributed by atoms with Gasteiger partial charge in [0.2, 0.25) is 0 Å². The van der Waals surface area contributed by atoms with Gasteiger partial charge in [0.1, 0.15) is 5.75 Å². The van der Waals surface area contributed by atoms with Crippen molar-refractivity contribution in [2.45, 2.75) is 77.0 Å². The summed E-state index contributed by atoms with van der Waals surface area (Å²) in [5, 5.41) is 9.18. The second kappa shape index (κ2) is 7.16. The lowest BCUT2D eigenvalue weighted by molar-refractivity contribution is -0.131. The molecule has 0 spiro atoms. The Bertz CT molecular complexity index is 976. The van der Waals surface area contributed by atoms with Crippen LogP contribution in [0.2, 0.25) is 0 Å². The van der Waals surface area contributed by atoms with E-state index in [9.17, 15) is 5.26 Å². The highest BCUT2D eigenvalue weighted by molar-refractivity contribution is 5.72. The number of nitrogens with zero attached hydrogens (tertiary/aromatic N) is 1. The van der Waals surface area contributed by atoms with E-state index in [4.69, 9.17) is 4.74 Å². The molecule has 2 aromatic carbocycles. The van der Waals surface area contributed by atoms with Crippen LogP contribution in [0.3, 0.4) is 0 Å². The van der Waals surface area contributed by atoms with Crippen LogP contribution in [0.5, 0.6) is 5.75 Å². The van der Waals surface area contributed by atoms with Crippen molar-refractivity contribution in [2.24, 2.45) is 16.7 Å². The molecule has 0 N–H and O–H groups in total. The minimum atomic E-state index is 0.291. The van der Waals surface area contributed by atoms with Crippen LogP contribution in [-0.4, -0.2) is 0 Å². The van der Waals surface area contributed by atoms with E-state index >= 15 is 0 Å². The molecule has 4 saturated carbocycles. The summed E-state index contributed by atoms with van der Waals surface area (Å²) < 4.78 is 5.37. The average molecular weight is 400 g/mol. The first-order valence-corrected chi connectivity index (χ1v) is 11.8. The first-order chi connectivity index (χ1) is 14.5. The Kier molecular flexibility index (Phi) is 4.69. The number of hydrogen-bond donors (Lipinski definition) is 0. The number of rotatable bonds is 6. The van der Waals surface area contributed by atoms with Crippen LogP contribution in [0.4, 0.5) is 0 Å². The first-order valence-electron chi connectivity index (χ1n) is 11.8. The van der Waals surface area contributed by atoms with Crippen molar-refractivity contribution in [2.75, 3.05) is 0 Å². The maximum absolute atomic E-state index is 9.18. The topological polar surface area (TPSA) is 33.0 Å². The normalized spacial score (nSPS) is 34.0. The Morgan fingerprint density at radius 3 is 2.47 bits per heavy atom. The Balaban J connectivity index is 1.62. The van der Waals surface area contributed by atoms with E-state index in [1.807, 2.05) is 18.4 Å². The monoisotopic (exact) mass is 399 g/mol. The molecule has 4 atom stereocenters. The van der Waals surface area contributed by atoms with Crippen molar-refractivity contribution < 1.29 is 4.74 Å². The van der Waals surface area contributed by atoms with Gasteiger partial charge in [-0.3, -0.25) is 0 Å². The van der Waals surface area contributed by atoms with Gasteiger partial charge in [0.15, 0.2) is 0 Å². The Labute approximate surface area is 181 Å². The zero-order valence-electron chi connectivity index (χ0n) is 18.4. The summed E-state index contributed by atoms with van der Waals surface area (Å²) in [5.74, 6) is 1.55. The van der Waals surface area contributed by atoms with Gasteiger partial charge >= 0.3 is 0 Å². The van der Waals surface area contributed by atoms with Gasteiger partial charge in [0, 0.05) is 5.56 Å². The zero-order chi connectivity index (χ0) is 20.8. The standard InChI is InChI=1S/C28H33NO/c1-3-12-27-15-21-14-26(4-2,17-27)18-28(16-21,19-27)23-10-11-25(30-20-29)24(13-23)22-8-6-5-7-9-22/h5-11,13,21H,3-4,12,14-19H2,1-2H3. The predicted octanol–water partition coefficient (Wildman–Crippen LogP) is 7.63. The van der Waals surface area contributed by atoms with Crippen LogP contribution in [0, 0.1) is 28.3 Å². The molecule has 4 fully saturated rings. The maximum Gasteiger partial charge on any atom is 0.292 e. The molecule has 2 nitrogen and oxygen atoms in total. The third-order valence-electron chi connectivity index (χ3n) is 8.66. The van der Waals surface area contributed by atoms with Gasteiger partial charge in [-0.15, -0.1) is 5.26 Å². The Morgan fingerprint density at radius 2 is 1.73 bits per heavy atom. The van der Waals surface area contributed by atoms with Crippen molar-refractivity contribution in [3.05, 3.63) is 54.1 Å². The van der Waals surface area contributed by atoms with E-state index in [-0.39, 0.29) is 0 Å². The summed E-state index contributed by atoms with van der Waals surface area (Å²) in [7, 11) is 0. The largest absolute Gasteiger partial charge is 0.387 e. The van der Waals surface area contributed by atoms with Crippen molar-refractivity contribution in [1.29, 1.82) is 5.26 Å². The van der Waals surface area contributed by atoms with Gasteiger partial charge in [-0.25, -0.2) is 0 Å². The highest BCUT2D eigenvalue weighted by Crippen LogP contribution is 2.72. The van der Waals surface area contributed by atoms with Gasteiger partial charge in [0.05, 0.1) is 0 Å².